The maximum absolute atomic E-state index is 12.5. The van der Waals surface area contributed by atoms with Gasteiger partial charge in [-0.05, 0) is 42.5 Å². The first-order valence-electron chi connectivity index (χ1n) is 6.81. The second kappa shape index (κ2) is 5.50. The van der Waals surface area contributed by atoms with Gasteiger partial charge in [-0.15, -0.1) is 0 Å². The zero-order valence-electron chi connectivity index (χ0n) is 11.2. The molecule has 0 spiro atoms. The maximum atomic E-state index is 12.5. The molecule has 1 fully saturated rings. The Kier molecular flexibility index (Phi) is 3.72. The van der Waals surface area contributed by atoms with E-state index >= 15 is 0 Å². The van der Waals surface area contributed by atoms with Gasteiger partial charge in [0, 0.05) is 12.4 Å². The number of amides is 1. The maximum Gasteiger partial charge on any atom is 0.253 e. The number of aliphatic hydroxyl groups excluding tert-OH is 1. The Morgan fingerprint density at radius 1 is 1.30 bits per heavy atom. The van der Waals surface area contributed by atoms with Crippen LogP contribution in [0.1, 0.15) is 23.2 Å². The molecule has 3 rings (SSSR count). The molecule has 0 aromatic carbocycles. The molecule has 1 amide bonds. The lowest BCUT2D eigenvalue weighted by atomic mass is 9.93. The average molecular weight is 290 g/mol. The number of pyridine rings is 1. The Balaban J connectivity index is 1.85. The van der Waals surface area contributed by atoms with Crippen LogP contribution in [-0.2, 0) is 0 Å². The fraction of sp³-hybridized carbons (Fsp3) is 0.400. The van der Waals surface area contributed by atoms with Gasteiger partial charge in [-0.1, -0.05) is 6.07 Å². The van der Waals surface area contributed by atoms with Gasteiger partial charge in [0.15, 0.2) is 0 Å². The molecule has 1 aliphatic rings. The standard InChI is InChI=1S/C15H18N2O2S/c18-11-15(5-9-20-10-6-15)16-14(19)12-4-8-17-7-2-1-3-13(12)17/h1-4,7-8,18H,5-6,9-11H2,(H,16,19). The van der Waals surface area contributed by atoms with Crippen molar-refractivity contribution in [3.05, 3.63) is 42.2 Å². The van der Waals surface area contributed by atoms with Gasteiger partial charge < -0.3 is 14.8 Å². The van der Waals surface area contributed by atoms with E-state index in [0.717, 1.165) is 29.9 Å². The summed E-state index contributed by atoms with van der Waals surface area (Å²) < 4.78 is 1.93. The van der Waals surface area contributed by atoms with Gasteiger partial charge in [0.25, 0.3) is 5.91 Å². The van der Waals surface area contributed by atoms with E-state index in [4.69, 9.17) is 0 Å². The smallest absolute Gasteiger partial charge is 0.253 e. The van der Waals surface area contributed by atoms with Gasteiger partial charge in [0.2, 0.25) is 0 Å². The summed E-state index contributed by atoms with van der Waals surface area (Å²) in [7, 11) is 0. The van der Waals surface area contributed by atoms with Gasteiger partial charge in [-0.3, -0.25) is 4.79 Å². The fourth-order valence-corrected chi connectivity index (χ4v) is 3.91. The zero-order chi connectivity index (χ0) is 14.0. The highest BCUT2D eigenvalue weighted by Crippen LogP contribution is 2.27. The summed E-state index contributed by atoms with van der Waals surface area (Å²) in [5.74, 6) is 1.87. The Bertz CT molecular complexity index is 617. The molecule has 0 bridgehead atoms. The molecule has 106 valence electrons. The van der Waals surface area contributed by atoms with Gasteiger partial charge in [0.05, 0.1) is 23.2 Å². The van der Waals surface area contributed by atoms with Gasteiger partial charge in [-0.25, -0.2) is 0 Å². The van der Waals surface area contributed by atoms with Crippen LogP contribution in [0.15, 0.2) is 36.7 Å². The average Bonchev–Trinajstić information content (AvgIpc) is 2.92. The molecule has 3 heterocycles. The number of aliphatic hydroxyl groups is 1. The Morgan fingerprint density at radius 2 is 2.10 bits per heavy atom. The molecule has 0 atom stereocenters. The van der Waals surface area contributed by atoms with Crippen LogP contribution in [0.5, 0.6) is 0 Å². The van der Waals surface area contributed by atoms with Crippen molar-refractivity contribution in [2.24, 2.45) is 0 Å². The number of fused-ring (bicyclic) bond motifs is 1. The molecule has 1 aliphatic heterocycles. The van der Waals surface area contributed by atoms with Crippen molar-refractivity contribution in [1.82, 2.24) is 9.72 Å². The lowest BCUT2D eigenvalue weighted by Gasteiger charge is -2.36. The number of nitrogens with zero attached hydrogens (tertiary/aromatic N) is 1. The van der Waals surface area contributed by atoms with Gasteiger partial charge in [0.1, 0.15) is 0 Å². The summed E-state index contributed by atoms with van der Waals surface area (Å²) in [5, 5.41) is 12.7. The molecule has 4 nitrogen and oxygen atoms in total. The third-order valence-corrected chi connectivity index (χ3v) is 4.93. The lowest BCUT2D eigenvalue weighted by molar-refractivity contribution is 0.0819. The van der Waals surface area contributed by atoms with E-state index in [0.29, 0.717) is 5.56 Å². The quantitative estimate of drug-likeness (QED) is 0.908. The van der Waals surface area contributed by atoms with E-state index in [9.17, 15) is 9.90 Å². The summed E-state index contributed by atoms with van der Waals surface area (Å²) >= 11 is 1.87. The van der Waals surface area contributed by atoms with Gasteiger partial charge in [-0.2, -0.15) is 11.8 Å². The molecular weight excluding hydrogens is 272 g/mol. The van der Waals surface area contributed by atoms with Crippen LogP contribution >= 0.6 is 11.8 Å². The van der Waals surface area contributed by atoms with Gasteiger partial charge >= 0.3 is 0 Å². The molecule has 1 saturated heterocycles. The molecule has 2 aromatic rings. The second-order valence-electron chi connectivity index (χ2n) is 5.23. The van der Waals surface area contributed by atoms with Crippen LogP contribution in [-0.4, -0.2) is 39.1 Å². The minimum absolute atomic E-state index is 0.00504. The van der Waals surface area contributed by atoms with Crippen molar-refractivity contribution >= 4 is 23.2 Å². The number of nitrogens with one attached hydrogen (secondary N) is 1. The molecule has 2 aromatic heterocycles. The van der Waals surface area contributed by atoms with Crippen LogP contribution in [0, 0.1) is 0 Å². The number of rotatable bonds is 3. The molecule has 20 heavy (non-hydrogen) atoms. The fourth-order valence-electron chi connectivity index (χ4n) is 2.64. The molecule has 0 unspecified atom stereocenters. The number of aromatic nitrogens is 1. The number of hydrogen-bond donors (Lipinski definition) is 2. The van der Waals surface area contributed by atoms with E-state index < -0.39 is 5.54 Å². The third kappa shape index (κ3) is 2.43. The summed E-state index contributed by atoms with van der Waals surface area (Å²) in [6.45, 7) is 0.00504. The Hall–Kier alpha value is -1.46. The number of thioether (sulfide) groups is 1. The molecule has 5 heteroatoms. The topological polar surface area (TPSA) is 53.7 Å². The van der Waals surface area contributed by atoms with E-state index in [1.807, 2.05) is 52.8 Å². The minimum Gasteiger partial charge on any atom is -0.394 e. The van der Waals surface area contributed by atoms with E-state index in [1.54, 1.807) is 0 Å². The summed E-state index contributed by atoms with van der Waals surface area (Å²) in [4.78, 5) is 12.5. The summed E-state index contributed by atoms with van der Waals surface area (Å²) in [6, 6.07) is 7.61. The highest BCUT2D eigenvalue weighted by molar-refractivity contribution is 7.99. The summed E-state index contributed by atoms with van der Waals surface area (Å²) in [6.07, 6.45) is 5.45. The Labute approximate surface area is 122 Å². The van der Waals surface area contributed by atoms with Crippen LogP contribution in [0.2, 0.25) is 0 Å². The SMILES string of the molecule is O=C(NC1(CO)CCSCC1)c1ccn2ccccc12. The van der Waals surface area contributed by atoms with E-state index in [1.165, 1.54) is 0 Å². The van der Waals surface area contributed by atoms with Crippen LogP contribution in [0.4, 0.5) is 0 Å². The predicted octanol–water partition coefficient (Wildman–Crippen LogP) is 1.93. The van der Waals surface area contributed by atoms with Crippen molar-refractivity contribution in [3.63, 3.8) is 0 Å². The monoisotopic (exact) mass is 290 g/mol. The predicted molar refractivity (Wildman–Crippen MR) is 81.2 cm³/mol. The molecule has 0 radical (unpaired) electrons. The first-order chi connectivity index (χ1) is 9.74. The third-order valence-electron chi connectivity index (χ3n) is 3.94. The van der Waals surface area contributed by atoms with Crippen LogP contribution in [0.25, 0.3) is 5.52 Å². The zero-order valence-corrected chi connectivity index (χ0v) is 12.0. The van der Waals surface area contributed by atoms with Crippen molar-refractivity contribution < 1.29 is 9.90 Å². The highest BCUT2D eigenvalue weighted by Gasteiger charge is 2.33. The molecule has 0 aliphatic carbocycles. The van der Waals surface area contributed by atoms with E-state index in [2.05, 4.69) is 5.32 Å². The van der Waals surface area contributed by atoms with Crippen LogP contribution in [0.3, 0.4) is 0 Å². The second-order valence-corrected chi connectivity index (χ2v) is 6.45. The molecule has 0 saturated carbocycles. The number of hydrogen-bond acceptors (Lipinski definition) is 3. The van der Waals surface area contributed by atoms with E-state index in [-0.39, 0.29) is 12.5 Å². The van der Waals surface area contributed by atoms with Crippen molar-refractivity contribution in [3.8, 4) is 0 Å². The Morgan fingerprint density at radius 3 is 2.85 bits per heavy atom. The minimum atomic E-state index is -0.453. The number of carbonyl (C=O) groups excluding carboxylic acids is 1. The first kappa shape index (κ1) is 13.5. The van der Waals surface area contributed by atoms with Crippen molar-refractivity contribution in [1.29, 1.82) is 0 Å². The largest absolute Gasteiger partial charge is 0.394 e. The molecule has 2 N–H and O–H groups in total. The van der Waals surface area contributed by atoms with Crippen molar-refractivity contribution in [2.45, 2.75) is 18.4 Å². The lowest BCUT2D eigenvalue weighted by Crippen LogP contribution is -2.53. The highest BCUT2D eigenvalue weighted by atomic mass is 32.2. The molecular formula is C15H18N2O2S. The first-order valence-corrected chi connectivity index (χ1v) is 7.96. The normalized spacial score (nSPS) is 18.1. The number of carbonyl (C=O) groups is 1. The van der Waals surface area contributed by atoms with Crippen LogP contribution < -0.4 is 5.32 Å². The summed E-state index contributed by atoms with van der Waals surface area (Å²) in [5.41, 5.74) is 1.10. The van der Waals surface area contributed by atoms with Crippen molar-refractivity contribution in [2.75, 3.05) is 18.1 Å².